The van der Waals surface area contributed by atoms with Crippen LogP contribution in [0.2, 0.25) is 5.28 Å². The van der Waals surface area contributed by atoms with Gasteiger partial charge in [0.25, 0.3) is 0 Å². The van der Waals surface area contributed by atoms with E-state index in [4.69, 9.17) is 16.9 Å². The summed E-state index contributed by atoms with van der Waals surface area (Å²) in [5, 5.41) is 8.84. The summed E-state index contributed by atoms with van der Waals surface area (Å²) in [5.41, 5.74) is 1.20. The quantitative estimate of drug-likeness (QED) is 0.599. The van der Waals surface area contributed by atoms with Crippen molar-refractivity contribution in [3.63, 3.8) is 0 Å². The molecule has 0 saturated heterocycles. The molecule has 0 fully saturated rings. The Hall–Kier alpha value is -2.25. The first kappa shape index (κ1) is 11.2. The number of hydrogen-bond donors (Lipinski definition) is 0. The molecule has 0 aliphatic carbocycles. The number of carbonyl (C=O) groups excluding carboxylic acids is 1. The summed E-state index contributed by atoms with van der Waals surface area (Å²) < 4.78 is 0. The number of aromatic nitrogens is 2. The number of carbonyl (C=O) groups is 1. The smallest absolute Gasteiger partial charge is 0.222 e. The largest absolute Gasteiger partial charge is 0.288 e. The van der Waals surface area contributed by atoms with Crippen LogP contribution >= 0.6 is 11.6 Å². The molecule has 5 heteroatoms. The van der Waals surface area contributed by atoms with Gasteiger partial charge in [-0.25, -0.2) is 9.97 Å². The van der Waals surface area contributed by atoms with Crippen molar-refractivity contribution in [1.29, 1.82) is 5.26 Å². The molecule has 0 atom stereocenters. The first-order valence-electron chi connectivity index (χ1n) is 4.73. The van der Waals surface area contributed by atoms with Crippen LogP contribution in [0, 0.1) is 11.3 Å². The molecule has 1 heterocycles. The summed E-state index contributed by atoms with van der Waals surface area (Å²) >= 11 is 5.53. The molecule has 2 rings (SSSR count). The van der Waals surface area contributed by atoms with Gasteiger partial charge in [-0.3, -0.25) is 4.79 Å². The minimum atomic E-state index is -0.237. The molecule has 0 amide bonds. The Morgan fingerprint density at radius 3 is 2.59 bits per heavy atom. The van der Waals surface area contributed by atoms with Crippen LogP contribution in [0.5, 0.6) is 0 Å². The van der Waals surface area contributed by atoms with Gasteiger partial charge in [0.1, 0.15) is 0 Å². The minimum absolute atomic E-state index is 0.0901. The molecule has 82 valence electrons. The van der Waals surface area contributed by atoms with E-state index in [1.165, 1.54) is 18.5 Å². The molecular weight excluding hydrogens is 238 g/mol. The molecule has 0 unspecified atom stereocenters. The van der Waals surface area contributed by atoms with Crippen molar-refractivity contribution in [3.05, 3.63) is 58.6 Å². The molecule has 1 aromatic heterocycles. The van der Waals surface area contributed by atoms with E-state index in [-0.39, 0.29) is 11.1 Å². The third kappa shape index (κ3) is 2.47. The topological polar surface area (TPSA) is 66.6 Å². The Balaban J connectivity index is 2.37. The molecule has 4 nitrogen and oxygen atoms in total. The summed E-state index contributed by atoms with van der Waals surface area (Å²) in [5.74, 6) is -0.237. The maximum atomic E-state index is 12.0. The Morgan fingerprint density at radius 2 is 1.94 bits per heavy atom. The maximum Gasteiger partial charge on any atom is 0.222 e. The van der Waals surface area contributed by atoms with Crippen LogP contribution < -0.4 is 0 Å². The van der Waals surface area contributed by atoms with Crippen molar-refractivity contribution in [1.82, 2.24) is 9.97 Å². The van der Waals surface area contributed by atoms with E-state index in [0.717, 1.165) is 0 Å². The van der Waals surface area contributed by atoms with Crippen LogP contribution in [0.4, 0.5) is 0 Å². The zero-order chi connectivity index (χ0) is 12.3. The predicted molar refractivity (Wildman–Crippen MR) is 61.6 cm³/mol. The highest BCUT2D eigenvalue weighted by molar-refractivity contribution is 6.28. The number of nitrogens with zero attached hydrogens (tertiary/aromatic N) is 3. The van der Waals surface area contributed by atoms with Gasteiger partial charge in [-0.15, -0.1) is 0 Å². The van der Waals surface area contributed by atoms with Gasteiger partial charge in [0.05, 0.1) is 17.2 Å². The molecule has 0 radical (unpaired) electrons. The number of ketones is 1. The third-order valence-electron chi connectivity index (χ3n) is 2.14. The predicted octanol–water partition coefficient (Wildman–Crippen LogP) is 2.23. The van der Waals surface area contributed by atoms with Crippen molar-refractivity contribution in [2.45, 2.75) is 0 Å². The molecule has 1 aromatic carbocycles. The summed E-state index contributed by atoms with van der Waals surface area (Å²) in [6, 6.07) is 8.43. The maximum absolute atomic E-state index is 12.0. The lowest BCUT2D eigenvalue weighted by Gasteiger charge is -2.00. The first-order chi connectivity index (χ1) is 8.20. The lowest BCUT2D eigenvalue weighted by Crippen LogP contribution is -2.03. The van der Waals surface area contributed by atoms with Gasteiger partial charge < -0.3 is 0 Å². The highest BCUT2D eigenvalue weighted by Crippen LogP contribution is 2.11. The molecule has 0 N–H and O–H groups in total. The van der Waals surface area contributed by atoms with Crippen LogP contribution in [0.25, 0.3) is 0 Å². The van der Waals surface area contributed by atoms with E-state index in [1.807, 2.05) is 6.07 Å². The Kier molecular flexibility index (Phi) is 3.12. The molecule has 0 bridgehead atoms. The normalized spacial score (nSPS) is 9.65. The number of hydrogen-bond acceptors (Lipinski definition) is 4. The van der Waals surface area contributed by atoms with Gasteiger partial charge >= 0.3 is 0 Å². The van der Waals surface area contributed by atoms with E-state index in [1.54, 1.807) is 18.2 Å². The first-order valence-corrected chi connectivity index (χ1v) is 5.11. The summed E-state index contributed by atoms with van der Waals surface area (Å²) in [4.78, 5) is 19.5. The summed E-state index contributed by atoms with van der Waals surface area (Å²) in [6.45, 7) is 0. The zero-order valence-electron chi connectivity index (χ0n) is 8.59. The second-order valence-corrected chi connectivity index (χ2v) is 3.60. The molecular formula is C12H6ClN3O. The van der Waals surface area contributed by atoms with E-state index >= 15 is 0 Å². The number of halogens is 1. The lowest BCUT2D eigenvalue weighted by molar-refractivity contribution is 0.103. The second-order valence-electron chi connectivity index (χ2n) is 3.26. The van der Waals surface area contributed by atoms with E-state index in [2.05, 4.69) is 9.97 Å². The molecule has 0 aliphatic rings. The van der Waals surface area contributed by atoms with Gasteiger partial charge in [-0.05, 0) is 23.7 Å². The van der Waals surface area contributed by atoms with E-state index in [9.17, 15) is 4.79 Å². The Labute approximate surface area is 103 Å². The fourth-order valence-corrected chi connectivity index (χ4v) is 1.42. The van der Waals surface area contributed by atoms with Crippen LogP contribution in [0.3, 0.4) is 0 Å². The number of rotatable bonds is 2. The fourth-order valence-electron chi connectivity index (χ4n) is 1.33. The fraction of sp³-hybridized carbons (Fsp3) is 0. The molecule has 0 spiro atoms. The standard InChI is InChI=1S/C12H6ClN3O/c13-12-15-6-10(7-16-12)11(17)9-3-1-2-8(4-9)5-14/h1-4,6-7H. The van der Waals surface area contributed by atoms with Crippen LogP contribution in [-0.4, -0.2) is 15.8 Å². The SMILES string of the molecule is N#Cc1cccc(C(=O)c2cnc(Cl)nc2)c1. The number of benzene rings is 1. The van der Waals surface area contributed by atoms with Gasteiger partial charge in [-0.1, -0.05) is 12.1 Å². The van der Waals surface area contributed by atoms with Gasteiger partial charge in [0.15, 0.2) is 5.78 Å². The van der Waals surface area contributed by atoms with Gasteiger partial charge in [0.2, 0.25) is 5.28 Å². The van der Waals surface area contributed by atoms with Crippen molar-refractivity contribution < 1.29 is 4.79 Å². The molecule has 17 heavy (non-hydrogen) atoms. The van der Waals surface area contributed by atoms with E-state index < -0.39 is 0 Å². The molecule has 0 aliphatic heterocycles. The highest BCUT2D eigenvalue weighted by atomic mass is 35.5. The Morgan fingerprint density at radius 1 is 1.24 bits per heavy atom. The average Bonchev–Trinajstić information content (AvgIpc) is 2.39. The lowest BCUT2D eigenvalue weighted by atomic mass is 10.0. The van der Waals surface area contributed by atoms with Crippen molar-refractivity contribution in [2.24, 2.45) is 0 Å². The molecule has 2 aromatic rings. The summed E-state index contributed by atoms with van der Waals surface area (Å²) in [7, 11) is 0. The second kappa shape index (κ2) is 4.73. The Bertz CT molecular complexity index is 602. The van der Waals surface area contributed by atoms with Gasteiger partial charge in [0, 0.05) is 18.0 Å². The van der Waals surface area contributed by atoms with Crippen LogP contribution in [0.1, 0.15) is 21.5 Å². The monoisotopic (exact) mass is 243 g/mol. The zero-order valence-corrected chi connectivity index (χ0v) is 9.35. The summed E-state index contributed by atoms with van der Waals surface area (Å²) in [6.07, 6.45) is 2.72. The van der Waals surface area contributed by atoms with E-state index in [0.29, 0.717) is 16.7 Å². The number of nitriles is 1. The average molecular weight is 244 g/mol. The van der Waals surface area contributed by atoms with Gasteiger partial charge in [-0.2, -0.15) is 5.26 Å². The highest BCUT2D eigenvalue weighted by Gasteiger charge is 2.10. The van der Waals surface area contributed by atoms with Crippen molar-refractivity contribution in [3.8, 4) is 6.07 Å². The van der Waals surface area contributed by atoms with Crippen molar-refractivity contribution >= 4 is 17.4 Å². The van der Waals surface area contributed by atoms with Crippen LogP contribution in [-0.2, 0) is 0 Å². The minimum Gasteiger partial charge on any atom is -0.288 e. The van der Waals surface area contributed by atoms with Crippen molar-refractivity contribution in [2.75, 3.05) is 0 Å². The van der Waals surface area contributed by atoms with Crippen LogP contribution in [0.15, 0.2) is 36.7 Å². The molecule has 0 saturated carbocycles. The third-order valence-corrected chi connectivity index (χ3v) is 2.33.